The standard InChI is InChI=1S/C19H27BrN4O/c1-3-4-13-24-19(25)18(20)17(14-22-24)21-11-8-12-23(2)15-16-9-6-5-7-10-16/h5-7,9-10,14,21H,3-4,8,11-13,15H2,1-2H3. The molecule has 0 unspecified atom stereocenters. The number of unbranched alkanes of at least 4 members (excludes halogenated alkanes) is 1. The SMILES string of the molecule is CCCCn1ncc(NCCCN(C)Cc2ccccc2)c(Br)c1=O. The zero-order chi connectivity index (χ0) is 18.1. The second-order valence-electron chi connectivity index (χ2n) is 6.26. The van der Waals surface area contributed by atoms with Crippen molar-refractivity contribution in [1.82, 2.24) is 14.7 Å². The highest BCUT2D eigenvalue weighted by atomic mass is 79.9. The Balaban J connectivity index is 1.78. The fourth-order valence-corrected chi connectivity index (χ4v) is 3.05. The molecule has 0 aliphatic rings. The van der Waals surface area contributed by atoms with E-state index in [-0.39, 0.29) is 5.56 Å². The van der Waals surface area contributed by atoms with Crippen molar-refractivity contribution in [2.24, 2.45) is 0 Å². The van der Waals surface area contributed by atoms with E-state index in [1.807, 2.05) is 6.07 Å². The molecule has 6 heteroatoms. The van der Waals surface area contributed by atoms with Crippen LogP contribution in [0.3, 0.4) is 0 Å². The van der Waals surface area contributed by atoms with Gasteiger partial charge >= 0.3 is 0 Å². The third-order valence-electron chi connectivity index (χ3n) is 4.04. The van der Waals surface area contributed by atoms with Crippen molar-refractivity contribution in [3.05, 3.63) is 56.9 Å². The molecule has 0 radical (unpaired) electrons. The molecule has 1 heterocycles. The van der Waals surface area contributed by atoms with Crippen molar-refractivity contribution in [2.75, 3.05) is 25.5 Å². The zero-order valence-corrected chi connectivity index (χ0v) is 16.6. The van der Waals surface area contributed by atoms with Crippen LogP contribution in [0.1, 0.15) is 31.7 Å². The van der Waals surface area contributed by atoms with Crippen LogP contribution in [0.4, 0.5) is 5.69 Å². The van der Waals surface area contributed by atoms with E-state index in [2.05, 4.69) is 69.5 Å². The first kappa shape index (κ1) is 19.7. The quantitative estimate of drug-likeness (QED) is 0.610. The number of halogens is 1. The molecule has 2 aromatic rings. The predicted octanol–water partition coefficient (Wildman–Crippen LogP) is 3.74. The molecule has 25 heavy (non-hydrogen) atoms. The largest absolute Gasteiger partial charge is 0.383 e. The summed E-state index contributed by atoms with van der Waals surface area (Å²) in [6, 6.07) is 10.5. The Morgan fingerprint density at radius 1 is 1.24 bits per heavy atom. The monoisotopic (exact) mass is 406 g/mol. The number of nitrogens with one attached hydrogen (secondary N) is 1. The van der Waals surface area contributed by atoms with Gasteiger partial charge in [0.25, 0.3) is 5.56 Å². The van der Waals surface area contributed by atoms with Gasteiger partial charge in [0.05, 0.1) is 11.9 Å². The molecule has 0 fully saturated rings. The van der Waals surface area contributed by atoms with Crippen LogP contribution in [0.2, 0.25) is 0 Å². The minimum atomic E-state index is -0.0698. The average Bonchev–Trinajstić information content (AvgIpc) is 2.62. The summed E-state index contributed by atoms with van der Waals surface area (Å²) in [5.41, 5.74) is 2.02. The van der Waals surface area contributed by atoms with Crippen molar-refractivity contribution in [3.63, 3.8) is 0 Å². The Kier molecular flexibility index (Phi) is 8.15. The molecule has 1 N–H and O–H groups in total. The summed E-state index contributed by atoms with van der Waals surface area (Å²) in [6.45, 7) is 5.50. The third-order valence-corrected chi connectivity index (χ3v) is 4.80. The van der Waals surface area contributed by atoms with Gasteiger partial charge < -0.3 is 10.2 Å². The number of rotatable bonds is 10. The van der Waals surface area contributed by atoms with Crippen molar-refractivity contribution in [2.45, 2.75) is 39.3 Å². The smallest absolute Gasteiger partial charge is 0.283 e. The van der Waals surface area contributed by atoms with Gasteiger partial charge in [0.15, 0.2) is 0 Å². The summed E-state index contributed by atoms with van der Waals surface area (Å²) in [4.78, 5) is 14.5. The number of aromatic nitrogens is 2. The molecule has 0 aliphatic carbocycles. The van der Waals surface area contributed by atoms with Crippen LogP contribution in [-0.2, 0) is 13.1 Å². The van der Waals surface area contributed by atoms with E-state index < -0.39 is 0 Å². The summed E-state index contributed by atoms with van der Waals surface area (Å²) < 4.78 is 2.09. The molecular weight excluding hydrogens is 380 g/mol. The first-order valence-corrected chi connectivity index (χ1v) is 9.63. The molecule has 0 amide bonds. The number of hydrogen-bond donors (Lipinski definition) is 1. The fourth-order valence-electron chi connectivity index (χ4n) is 2.60. The summed E-state index contributed by atoms with van der Waals surface area (Å²) in [7, 11) is 2.12. The lowest BCUT2D eigenvalue weighted by Gasteiger charge is -2.17. The number of benzene rings is 1. The van der Waals surface area contributed by atoms with Crippen LogP contribution in [0, 0.1) is 0 Å². The van der Waals surface area contributed by atoms with Gasteiger partial charge in [-0.15, -0.1) is 0 Å². The van der Waals surface area contributed by atoms with E-state index in [1.165, 1.54) is 10.2 Å². The van der Waals surface area contributed by atoms with Crippen LogP contribution in [0.5, 0.6) is 0 Å². The van der Waals surface area contributed by atoms with Gasteiger partial charge in [-0.2, -0.15) is 5.10 Å². The molecular formula is C19H27BrN4O. The van der Waals surface area contributed by atoms with E-state index in [1.54, 1.807) is 6.20 Å². The first-order chi connectivity index (χ1) is 12.1. The molecule has 0 saturated carbocycles. The Morgan fingerprint density at radius 3 is 2.72 bits per heavy atom. The highest BCUT2D eigenvalue weighted by molar-refractivity contribution is 9.10. The maximum atomic E-state index is 12.2. The second-order valence-corrected chi connectivity index (χ2v) is 7.05. The Morgan fingerprint density at radius 2 is 2.00 bits per heavy atom. The van der Waals surface area contributed by atoms with Gasteiger partial charge in [0.2, 0.25) is 0 Å². The molecule has 1 aromatic carbocycles. The summed E-state index contributed by atoms with van der Waals surface area (Å²) >= 11 is 3.40. The van der Waals surface area contributed by atoms with Gasteiger partial charge in [-0.25, -0.2) is 4.68 Å². The Hall–Kier alpha value is -1.66. The first-order valence-electron chi connectivity index (χ1n) is 8.83. The van der Waals surface area contributed by atoms with Crippen LogP contribution in [0.15, 0.2) is 45.8 Å². The van der Waals surface area contributed by atoms with E-state index in [9.17, 15) is 4.79 Å². The average molecular weight is 407 g/mol. The van der Waals surface area contributed by atoms with Crippen LogP contribution in [0.25, 0.3) is 0 Å². The van der Waals surface area contributed by atoms with Crippen LogP contribution in [-0.4, -0.2) is 34.8 Å². The summed E-state index contributed by atoms with van der Waals surface area (Å²) in [5, 5.41) is 7.55. The van der Waals surface area contributed by atoms with E-state index in [4.69, 9.17) is 0 Å². The van der Waals surface area contributed by atoms with Gasteiger partial charge in [0.1, 0.15) is 4.47 Å². The van der Waals surface area contributed by atoms with Crippen molar-refractivity contribution >= 4 is 21.6 Å². The van der Waals surface area contributed by atoms with Crippen LogP contribution < -0.4 is 10.9 Å². The second kappa shape index (κ2) is 10.4. The van der Waals surface area contributed by atoms with E-state index >= 15 is 0 Å². The zero-order valence-electron chi connectivity index (χ0n) is 15.0. The molecule has 0 atom stereocenters. The maximum Gasteiger partial charge on any atom is 0.283 e. The lowest BCUT2D eigenvalue weighted by Crippen LogP contribution is -2.25. The van der Waals surface area contributed by atoms with Gasteiger partial charge in [0, 0.05) is 19.6 Å². The topological polar surface area (TPSA) is 50.2 Å². The third kappa shape index (κ3) is 6.29. The minimum absolute atomic E-state index is 0.0698. The highest BCUT2D eigenvalue weighted by Gasteiger charge is 2.08. The number of nitrogens with zero attached hydrogens (tertiary/aromatic N) is 3. The van der Waals surface area contributed by atoms with Crippen LogP contribution >= 0.6 is 15.9 Å². The molecule has 0 spiro atoms. The van der Waals surface area contributed by atoms with Gasteiger partial charge in [-0.05, 0) is 47.9 Å². The lowest BCUT2D eigenvalue weighted by atomic mass is 10.2. The van der Waals surface area contributed by atoms with E-state index in [0.717, 1.165) is 44.6 Å². The highest BCUT2D eigenvalue weighted by Crippen LogP contribution is 2.16. The molecule has 1 aromatic heterocycles. The van der Waals surface area contributed by atoms with Gasteiger partial charge in [-0.3, -0.25) is 4.79 Å². The van der Waals surface area contributed by atoms with Crippen molar-refractivity contribution in [3.8, 4) is 0 Å². The maximum absolute atomic E-state index is 12.2. The predicted molar refractivity (Wildman–Crippen MR) is 107 cm³/mol. The molecule has 0 aliphatic heterocycles. The lowest BCUT2D eigenvalue weighted by molar-refractivity contribution is 0.325. The molecule has 0 bridgehead atoms. The molecule has 5 nitrogen and oxygen atoms in total. The minimum Gasteiger partial charge on any atom is -0.383 e. The molecule has 136 valence electrons. The molecule has 0 saturated heterocycles. The number of hydrogen-bond acceptors (Lipinski definition) is 4. The Bertz CT molecular complexity index is 702. The van der Waals surface area contributed by atoms with Crippen molar-refractivity contribution in [1.29, 1.82) is 0 Å². The van der Waals surface area contributed by atoms with Gasteiger partial charge in [-0.1, -0.05) is 43.7 Å². The summed E-state index contributed by atoms with van der Waals surface area (Å²) in [6.07, 6.45) is 4.73. The number of anilines is 1. The fraction of sp³-hybridized carbons (Fsp3) is 0.474. The van der Waals surface area contributed by atoms with E-state index in [0.29, 0.717) is 11.0 Å². The number of aryl methyl sites for hydroxylation is 1. The Labute approximate surface area is 158 Å². The summed E-state index contributed by atoms with van der Waals surface area (Å²) in [5.74, 6) is 0. The molecule has 2 rings (SSSR count). The van der Waals surface area contributed by atoms with Crippen molar-refractivity contribution < 1.29 is 0 Å². The normalized spacial score (nSPS) is 11.0.